The van der Waals surface area contributed by atoms with Crippen LogP contribution in [0.3, 0.4) is 0 Å². The van der Waals surface area contributed by atoms with Crippen molar-refractivity contribution in [2.75, 3.05) is 17.9 Å². The fourth-order valence-corrected chi connectivity index (χ4v) is 7.46. The third kappa shape index (κ3) is 7.60. The van der Waals surface area contributed by atoms with Gasteiger partial charge >= 0.3 is 6.09 Å². The molecule has 1 aromatic heterocycles. The van der Waals surface area contributed by atoms with Gasteiger partial charge in [0.25, 0.3) is 15.9 Å². The van der Waals surface area contributed by atoms with E-state index in [0.29, 0.717) is 44.4 Å². The molecule has 12 heteroatoms. The Balaban J connectivity index is 1.57. The summed E-state index contributed by atoms with van der Waals surface area (Å²) in [6.45, 7) is 10.4. The zero-order valence-corrected chi connectivity index (χ0v) is 27.9. The third-order valence-electron chi connectivity index (χ3n) is 8.54. The van der Waals surface area contributed by atoms with E-state index in [-0.39, 0.29) is 58.8 Å². The van der Waals surface area contributed by atoms with E-state index in [1.807, 2.05) is 36.9 Å². The molecule has 2 aromatic carbocycles. The van der Waals surface area contributed by atoms with Gasteiger partial charge < -0.3 is 19.7 Å². The van der Waals surface area contributed by atoms with Crippen LogP contribution in [0.1, 0.15) is 74.4 Å². The van der Waals surface area contributed by atoms with Crippen LogP contribution in [0.25, 0.3) is 11.3 Å². The topological polar surface area (TPSA) is 140 Å². The molecular weight excluding hydrogens is 606 g/mol. The van der Waals surface area contributed by atoms with Crippen LogP contribution >= 0.6 is 0 Å². The molecule has 1 fully saturated rings. The number of sulfonamides is 1. The average molecular weight is 650 g/mol. The van der Waals surface area contributed by atoms with Crippen molar-refractivity contribution in [3.8, 4) is 17.1 Å². The number of carbonyl (C=O) groups is 2. The van der Waals surface area contributed by atoms with Gasteiger partial charge in [-0.3, -0.25) is 4.79 Å². The molecule has 46 heavy (non-hydrogen) atoms. The van der Waals surface area contributed by atoms with Crippen LogP contribution in [0, 0.1) is 19.8 Å². The number of carbonyl (C=O) groups excluding carboxylic acids is 2. The second-order valence-corrected chi connectivity index (χ2v) is 14.2. The zero-order valence-electron chi connectivity index (χ0n) is 27.1. The van der Waals surface area contributed by atoms with Gasteiger partial charge in [0.1, 0.15) is 6.61 Å². The van der Waals surface area contributed by atoms with Crippen LogP contribution in [0.2, 0.25) is 0 Å². The number of rotatable bonds is 6. The summed E-state index contributed by atoms with van der Waals surface area (Å²) < 4.78 is 41.2. The Bertz CT molecular complexity index is 1670. The first-order chi connectivity index (χ1) is 21.9. The Hall–Kier alpha value is -4.19. The maximum atomic E-state index is 14.4. The van der Waals surface area contributed by atoms with Gasteiger partial charge in [0.15, 0.2) is 0 Å². The van der Waals surface area contributed by atoms with Gasteiger partial charge in [0.2, 0.25) is 11.8 Å². The lowest BCUT2D eigenvalue weighted by molar-refractivity contribution is 0.0352. The highest BCUT2D eigenvalue weighted by molar-refractivity contribution is 7.92. The first-order valence-electron chi connectivity index (χ1n) is 15.9. The van der Waals surface area contributed by atoms with Gasteiger partial charge in [-0.25, -0.2) is 22.9 Å². The number of anilines is 1. The monoisotopic (exact) mass is 649 g/mol. The second kappa shape index (κ2) is 14.1. The standard InChI is InChI=1S/C34H43N5O6S/c1-6-44-34(41)35-25-13-15-26(16-14-25)39-27(17-21(2)3)20-45-30-19-29(31-22(4)9-7-10-23(31)5)36-33(37-30)38-46(42,43)28-12-8-11-24(18-28)32(39)40/h7-12,18-19,21,25-27H,6,13-17,20H2,1-5H3,(H,35,41)(H,36,37,38)/t25?,26?,27-/m1/s1. The molecule has 1 aliphatic carbocycles. The number of aryl methyl sites for hydroxylation is 2. The number of aromatic nitrogens is 2. The molecule has 246 valence electrons. The van der Waals surface area contributed by atoms with Crippen molar-refractivity contribution in [2.45, 2.75) is 89.7 Å². The minimum absolute atomic E-state index is 0.0523. The van der Waals surface area contributed by atoms with Crippen molar-refractivity contribution < 1.29 is 27.5 Å². The van der Waals surface area contributed by atoms with E-state index in [1.165, 1.54) is 12.1 Å². The Morgan fingerprint density at radius 3 is 2.43 bits per heavy atom. The molecule has 2 N–H and O–H groups in total. The van der Waals surface area contributed by atoms with Crippen LogP contribution in [-0.2, 0) is 14.8 Å². The van der Waals surface area contributed by atoms with Gasteiger partial charge in [-0.2, -0.15) is 4.98 Å². The SMILES string of the molecule is CCOC(=O)NC1CCC(N2C(=O)c3cccc(c3)S(=O)(=O)Nc3nc(cc(-c4c(C)cccc4C)n3)OC[C@H]2CC(C)C)CC1. The van der Waals surface area contributed by atoms with Crippen LogP contribution in [0.4, 0.5) is 10.7 Å². The maximum absolute atomic E-state index is 14.4. The predicted molar refractivity (Wildman–Crippen MR) is 175 cm³/mol. The Morgan fingerprint density at radius 1 is 1.07 bits per heavy atom. The molecule has 1 saturated carbocycles. The molecule has 2 heterocycles. The van der Waals surface area contributed by atoms with Gasteiger partial charge in [0.05, 0.1) is 23.2 Å². The molecule has 2 aliphatic rings. The highest BCUT2D eigenvalue weighted by atomic mass is 32.2. The summed E-state index contributed by atoms with van der Waals surface area (Å²) in [5.74, 6) is 0.0675. The largest absolute Gasteiger partial charge is 0.475 e. The molecule has 5 rings (SSSR count). The molecule has 4 bridgehead atoms. The lowest BCUT2D eigenvalue weighted by Crippen LogP contribution is -2.52. The summed E-state index contributed by atoms with van der Waals surface area (Å²) in [4.78, 5) is 37.3. The number of ether oxygens (including phenoxy) is 2. The fraction of sp³-hybridized carbons (Fsp3) is 0.471. The minimum Gasteiger partial charge on any atom is -0.475 e. The molecule has 0 radical (unpaired) electrons. The summed E-state index contributed by atoms with van der Waals surface area (Å²) in [5, 5.41) is 2.93. The predicted octanol–water partition coefficient (Wildman–Crippen LogP) is 5.87. The average Bonchev–Trinajstić information content (AvgIpc) is 3.00. The number of benzene rings is 2. The van der Waals surface area contributed by atoms with E-state index >= 15 is 0 Å². The Kier molecular flexibility index (Phi) is 10.1. The van der Waals surface area contributed by atoms with Crippen LogP contribution in [-0.4, -0.2) is 66.6 Å². The first-order valence-corrected chi connectivity index (χ1v) is 17.4. The van der Waals surface area contributed by atoms with Crippen molar-refractivity contribution in [1.29, 1.82) is 0 Å². The van der Waals surface area contributed by atoms with Crippen LogP contribution in [0.15, 0.2) is 53.4 Å². The van der Waals surface area contributed by atoms with Crippen molar-refractivity contribution in [2.24, 2.45) is 5.92 Å². The van der Waals surface area contributed by atoms with Crippen LogP contribution in [0.5, 0.6) is 5.88 Å². The molecule has 1 atom stereocenters. The van der Waals surface area contributed by atoms with Gasteiger partial charge in [0, 0.05) is 29.3 Å². The summed E-state index contributed by atoms with van der Waals surface area (Å²) in [5.41, 5.74) is 3.62. The fourth-order valence-electron chi connectivity index (χ4n) is 6.47. The van der Waals surface area contributed by atoms with Crippen LogP contribution < -0.4 is 14.8 Å². The zero-order chi connectivity index (χ0) is 33.0. The second-order valence-electron chi connectivity index (χ2n) is 12.5. The van der Waals surface area contributed by atoms with Gasteiger partial charge in [-0.1, -0.05) is 38.1 Å². The molecule has 0 saturated heterocycles. The van der Waals surface area contributed by atoms with E-state index in [2.05, 4.69) is 33.9 Å². The molecule has 3 aromatic rings. The van der Waals surface area contributed by atoms with Crippen molar-refractivity contribution in [3.63, 3.8) is 0 Å². The Labute approximate surface area is 271 Å². The molecule has 1 aliphatic heterocycles. The normalized spacial score (nSPS) is 21.2. The summed E-state index contributed by atoms with van der Waals surface area (Å²) in [6, 6.07) is 13.2. The van der Waals surface area contributed by atoms with E-state index in [4.69, 9.17) is 9.47 Å². The highest BCUT2D eigenvalue weighted by Gasteiger charge is 2.36. The molecule has 0 spiro atoms. The summed E-state index contributed by atoms with van der Waals surface area (Å²) >= 11 is 0. The lowest BCUT2D eigenvalue weighted by atomic mass is 9.88. The number of nitrogens with zero attached hydrogens (tertiary/aromatic N) is 3. The quantitative estimate of drug-likeness (QED) is 0.338. The molecule has 11 nitrogen and oxygen atoms in total. The number of amides is 2. The summed E-state index contributed by atoms with van der Waals surface area (Å²) in [6.07, 6.45) is 2.89. The smallest absolute Gasteiger partial charge is 0.407 e. The highest BCUT2D eigenvalue weighted by Crippen LogP contribution is 2.32. The number of alkyl carbamates (subject to hydrolysis) is 1. The summed E-state index contributed by atoms with van der Waals surface area (Å²) in [7, 11) is -4.15. The molecule has 0 unspecified atom stereocenters. The number of hydrogen-bond acceptors (Lipinski definition) is 8. The van der Waals surface area contributed by atoms with Crippen molar-refractivity contribution in [3.05, 3.63) is 65.2 Å². The lowest BCUT2D eigenvalue weighted by Gasteiger charge is -2.42. The van der Waals surface area contributed by atoms with Crippen molar-refractivity contribution >= 4 is 28.0 Å². The maximum Gasteiger partial charge on any atom is 0.407 e. The third-order valence-corrected chi connectivity index (χ3v) is 9.87. The Morgan fingerprint density at radius 2 is 1.76 bits per heavy atom. The minimum atomic E-state index is -4.15. The van der Waals surface area contributed by atoms with E-state index in [9.17, 15) is 18.0 Å². The van der Waals surface area contributed by atoms with Crippen molar-refractivity contribution in [1.82, 2.24) is 20.2 Å². The first kappa shape index (κ1) is 33.2. The number of nitrogens with one attached hydrogen (secondary N) is 2. The van der Waals surface area contributed by atoms with E-state index < -0.39 is 16.1 Å². The number of hydrogen-bond donors (Lipinski definition) is 2. The molecule has 2 amide bonds. The van der Waals surface area contributed by atoms with Gasteiger partial charge in [-0.05, 0) is 88.1 Å². The van der Waals surface area contributed by atoms with E-state index in [1.54, 1.807) is 25.1 Å². The van der Waals surface area contributed by atoms with Gasteiger partial charge in [-0.15, -0.1) is 0 Å². The van der Waals surface area contributed by atoms with E-state index in [0.717, 1.165) is 16.7 Å². The molecular formula is C34H43N5O6S. The number of fused-ring (bicyclic) bond motifs is 4.